The fourth-order valence-corrected chi connectivity index (χ4v) is 4.92. The molecule has 4 heterocycles. The van der Waals surface area contributed by atoms with Crippen LogP contribution in [0.3, 0.4) is 0 Å². The number of ether oxygens (including phenoxy) is 1. The van der Waals surface area contributed by atoms with Crippen molar-refractivity contribution < 1.29 is 4.74 Å². The van der Waals surface area contributed by atoms with Gasteiger partial charge in [0.05, 0.1) is 52.4 Å². The monoisotopic (exact) mass is 453 g/mol. The Hall–Kier alpha value is -2.42. The number of nitrogens with one attached hydrogen (secondary N) is 1. The van der Waals surface area contributed by atoms with Crippen molar-refractivity contribution in [3.05, 3.63) is 35.7 Å². The highest BCUT2D eigenvalue weighted by Crippen LogP contribution is 2.42. The first-order valence-electron chi connectivity index (χ1n) is 11.3. The average Bonchev–Trinajstić information content (AvgIpc) is 3.34. The number of nitrogens with zero attached hydrogens (tertiary/aromatic N) is 6. The molecular formula is C23H28ClN7O. The van der Waals surface area contributed by atoms with Gasteiger partial charge in [-0.25, -0.2) is 9.97 Å². The third-order valence-corrected chi connectivity index (χ3v) is 7.53. The van der Waals surface area contributed by atoms with Gasteiger partial charge in [0.2, 0.25) is 5.95 Å². The van der Waals surface area contributed by atoms with Gasteiger partial charge in [-0.3, -0.25) is 9.58 Å². The molecule has 1 aromatic carbocycles. The van der Waals surface area contributed by atoms with Crippen LogP contribution in [-0.2, 0) is 10.3 Å². The van der Waals surface area contributed by atoms with Gasteiger partial charge in [-0.2, -0.15) is 5.10 Å². The van der Waals surface area contributed by atoms with Crippen LogP contribution in [0.2, 0.25) is 5.02 Å². The molecule has 3 fully saturated rings. The molecule has 0 spiro atoms. The summed E-state index contributed by atoms with van der Waals surface area (Å²) in [5, 5.41) is 9.46. The first-order chi connectivity index (χ1) is 15.4. The molecule has 2 saturated heterocycles. The molecular weight excluding hydrogens is 426 g/mol. The smallest absolute Gasteiger partial charge is 0.227 e. The summed E-state index contributed by atoms with van der Waals surface area (Å²) in [4.78, 5) is 14.1. The van der Waals surface area contributed by atoms with E-state index in [-0.39, 0.29) is 11.1 Å². The van der Waals surface area contributed by atoms with Crippen molar-refractivity contribution in [1.29, 1.82) is 0 Å². The van der Waals surface area contributed by atoms with Crippen LogP contribution in [0, 0.1) is 0 Å². The normalized spacial score (nSPS) is 22.0. The molecule has 1 aliphatic carbocycles. The van der Waals surface area contributed by atoms with Crippen LogP contribution in [0.5, 0.6) is 0 Å². The van der Waals surface area contributed by atoms with Gasteiger partial charge in [0.1, 0.15) is 0 Å². The minimum atomic E-state index is 0.170. The molecule has 2 aromatic heterocycles. The lowest BCUT2D eigenvalue weighted by Gasteiger charge is -2.50. The summed E-state index contributed by atoms with van der Waals surface area (Å²) >= 11 is 6.66. The lowest BCUT2D eigenvalue weighted by molar-refractivity contribution is -0.131. The molecule has 0 bridgehead atoms. The van der Waals surface area contributed by atoms with Gasteiger partial charge in [-0.15, -0.1) is 0 Å². The molecule has 168 valence electrons. The van der Waals surface area contributed by atoms with Gasteiger partial charge >= 0.3 is 0 Å². The van der Waals surface area contributed by atoms with Crippen molar-refractivity contribution in [3.63, 3.8) is 0 Å². The topological polar surface area (TPSA) is 71.3 Å². The third kappa shape index (κ3) is 3.50. The molecule has 8 nitrogen and oxygen atoms in total. The molecule has 32 heavy (non-hydrogen) atoms. The molecule has 0 radical (unpaired) electrons. The first-order valence-corrected chi connectivity index (χ1v) is 11.7. The van der Waals surface area contributed by atoms with E-state index in [0.29, 0.717) is 5.95 Å². The molecule has 1 N–H and O–H groups in total. The van der Waals surface area contributed by atoms with E-state index in [0.717, 1.165) is 66.7 Å². The Morgan fingerprint density at radius 2 is 1.81 bits per heavy atom. The fraction of sp³-hybridized carbons (Fsp3) is 0.522. The van der Waals surface area contributed by atoms with Crippen LogP contribution in [-0.4, -0.2) is 69.6 Å². The Labute approximate surface area is 192 Å². The van der Waals surface area contributed by atoms with E-state index in [1.54, 1.807) is 0 Å². The van der Waals surface area contributed by atoms with Crippen LogP contribution in [0.4, 0.5) is 17.3 Å². The predicted molar refractivity (Wildman–Crippen MR) is 126 cm³/mol. The second kappa shape index (κ2) is 7.30. The third-order valence-electron chi connectivity index (χ3n) is 7.22. The van der Waals surface area contributed by atoms with Crippen LogP contribution in [0.25, 0.3) is 10.9 Å². The highest BCUT2D eigenvalue weighted by atomic mass is 35.5. The van der Waals surface area contributed by atoms with Crippen LogP contribution in [0.15, 0.2) is 30.7 Å². The van der Waals surface area contributed by atoms with Crippen LogP contribution >= 0.6 is 11.6 Å². The van der Waals surface area contributed by atoms with Crippen LogP contribution in [0.1, 0.15) is 26.7 Å². The van der Waals surface area contributed by atoms with E-state index in [2.05, 4.69) is 45.1 Å². The number of fused-ring (bicyclic) bond motifs is 1. The van der Waals surface area contributed by atoms with Crippen LogP contribution < -0.4 is 10.2 Å². The first kappa shape index (κ1) is 20.2. The lowest BCUT2D eigenvalue weighted by atomic mass is 9.97. The molecule has 3 aromatic rings. The van der Waals surface area contributed by atoms with Crippen molar-refractivity contribution in [2.75, 3.05) is 49.6 Å². The molecule has 6 rings (SSSR count). The molecule has 1 saturated carbocycles. The summed E-state index contributed by atoms with van der Waals surface area (Å²) in [6.45, 7) is 10.1. The quantitative estimate of drug-likeness (QED) is 0.632. The minimum absolute atomic E-state index is 0.170. The van der Waals surface area contributed by atoms with Crippen molar-refractivity contribution in [2.24, 2.45) is 0 Å². The van der Waals surface area contributed by atoms with Gasteiger partial charge in [-0.05, 0) is 38.8 Å². The van der Waals surface area contributed by atoms with E-state index in [9.17, 15) is 0 Å². The summed E-state index contributed by atoms with van der Waals surface area (Å²) in [5.41, 5.74) is 3.18. The fourth-order valence-electron chi connectivity index (χ4n) is 4.63. The van der Waals surface area contributed by atoms with E-state index >= 15 is 0 Å². The number of hydrogen-bond donors (Lipinski definition) is 1. The zero-order valence-corrected chi connectivity index (χ0v) is 19.3. The van der Waals surface area contributed by atoms with E-state index < -0.39 is 0 Å². The van der Waals surface area contributed by atoms with Gasteiger partial charge < -0.3 is 15.0 Å². The number of rotatable bonds is 5. The van der Waals surface area contributed by atoms with Crippen molar-refractivity contribution in [1.82, 2.24) is 24.6 Å². The Balaban J connectivity index is 1.21. The van der Waals surface area contributed by atoms with Gasteiger partial charge in [-0.1, -0.05) is 11.6 Å². The largest absolute Gasteiger partial charge is 0.377 e. The number of anilines is 3. The summed E-state index contributed by atoms with van der Waals surface area (Å²) < 4.78 is 7.47. The highest BCUT2D eigenvalue weighted by molar-refractivity contribution is 6.34. The number of hydrogen-bond acceptors (Lipinski definition) is 7. The molecule has 2 aliphatic heterocycles. The maximum Gasteiger partial charge on any atom is 0.227 e. The Morgan fingerprint density at radius 1 is 1.03 bits per heavy atom. The Morgan fingerprint density at radius 3 is 2.50 bits per heavy atom. The molecule has 3 aliphatic rings. The maximum absolute atomic E-state index is 6.66. The molecule has 9 heteroatoms. The van der Waals surface area contributed by atoms with Crippen molar-refractivity contribution in [2.45, 2.75) is 37.8 Å². The van der Waals surface area contributed by atoms with Crippen molar-refractivity contribution in [3.8, 4) is 0 Å². The second-order valence-electron chi connectivity index (χ2n) is 9.82. The molecule has 0 atom stereocenters. The zero-order valence-electron chi connectivity index (χ0n) is 18.5. The summed E-state index contributed by atoms with van der Waals surface area (Å²) in [6, 6.07) is 4.05. The maximum atomic E-state index is 6.66. The van der Waals surface area contributed by atoms with Gasteiger partial charge in [0.25, 0.3) is 0 Å². The number of halogens is 1. The van der Waals surface area contributed by atoms with Crippen molar-refractivity contribution >= 4 is 39.8 Å². The highest BCUT2D eigenvalue weighted by Gasteiger charge is 2.41. The molecule has 0 amide bonds. The molecule has 0 unspecified atom stereocenters. The predicted octanol–water partition coefficient (Wildman–Crippen LogP) is 3.64. The number of benzene rings is 1. The summed E-state index contributed by atoms with van der Waals surface area (Å²) in [5.74, 6) is 0.564. The van der Waals surface area contributed by atoms with Gasteiger partial charge in [0, 0.05) is 44.0 Å². The minimum Gasteiger partial charge on any atom is -0.377 e. The number of piperazine rings is 1. The second-order valence-corrected chi connectivity index (χ2v) is 10.2. The Kier molecular flexibility index (Phi) is 4.61. The standard InChI is InChI=1S/C23H28ClN7O/c1-22(3-4-22)31-13-17(12-26-31)27-21-25-11-16-9-18(24)20(10-19(16)28-21)29-5-7-30(8-6-29)23(2)14-32-15-23/h9-13H,3-8,14-15H2,1-2H3,(H,25,27,28). The Bertz CT molecular complexity index is 1160. The zero-order chi connectivity index (χ0) is 21.9. The van der Waals surface area contributed by atoms with E-state index in [1.807, 2.05) is 29.3 Å². The van der Waals surface area contributed by atoms with Gasteiger partial charge in [0.15, 0.2) is 0 Å². The lowest BCUT2D eigenvalue weighted by Crippen LogP contribution is -2.64. The van der Waals surface area contributed by atoms with E-state index in [4.69, 9.17) is 21.3 Å². The average molecular weight is 454 g/mol. The summed E-state index contributed by atoms with van der Waals surface area (Å²) in [7, 11) is 0. The van der Waals surface area contributed by atoms with E-state index in [1.165, 1.54) is 12.8 Å². The summed E-state index contributed by atoms with van der Waals surface area (Å²) in [6.07, 6.45) is 8.03. The number of aromatic nitrogens is 4. The SMILES string of the molecule is CC1(N2CCN(c3cc4nc(Nc5cnn(C6(C)CC6)c5)ncc4cc3Cl)CC2)COC1.